The molecule has 19 heavy (non-hydrogen) atoms. The summed E-state index contributed by atoms with van der Waals surface area (Å²) in [5, 5.41) is 11.0. The van der Waals surface area contributed by atoms with Crippen molar-refractivity contribution < 1.29 is 19.1 Å². The lowest BCUT2D eigenvalue weighted by Crippen LogP contribution is -2.00. The number of hydrogen-bond donors (Lipinski definition) is 0. The molecule has 0 saturated carbocycles. The van der Waals surface area contributed by atoms with Crippen molar-refractivity contribution in [1.29, 1.82) is 0 Å². The van der Waals surface area contributed by atoms with Gasteiger partial charge in [-0.25, -0.2) is 0 Å². The van der Waals surface area contributed by atoms with E-state index in [0.717, 1.165) is 6.42 Å². The Morgan fingerprint density at radius 1 is 1.26 bits per heavy atom. The fourth-order valence-corrected chi connectivity index (χ4v) is 1.50. The van der Waals surface area contributed by atoms with Crippen molar-refractivity contribution in [3.8, 4) is 11.5 Å². The summed E-state index contributed by atoms with van der Waals surface area (Å²) < 4.78 is 15.4. The van der Waals surface area contributed by atoms with Crippen molar-refractivity contribution in [3.05, 3.63) is 40.1 Å². The van der Waals surface area contributed by atoms with Crippen LogP contribution < -0.4 is 9.47 Å². The zero-order valence-corrected chi connectivity index (χ0v) is 11.2. The molecule has 0 radical (unpaired) electrons. The highest BCUT2D eigenvalue weighted by Crippen LogP contribution is 2.34. The quantitative estimate of drug-likeness (QED) is 0.431. The summed E-state index contributed by atoms with van der Waals surface area (Å²) in [6.45, 7) is 2.08. The predicted molar refractivity (Wildman–Crippen MR) is 70.4 cm³/mol. The minimum absolute atomic E-state index is 0.0532. The van der Waals surface area contributed by atoms with Crippen molar-refractivity contribution in [1.82, 2.24) is 0 Å². The summed E-state index contributed by atoms with van der Waals surface area (Å²) in [7, 11) is 2.91. The van der Waals surface area contributed by atoms with Gasteiger partial charge < -0.3 is 14.2 Å². The van der Waals surface area contributed by atoms with Crippen LogP contribution >= 0.6 is 0 Å². The number of nitrogens with zero attached hydrogens (tertiary/aromatic N) is 1. The van der Waals surface area contributed by atoms with E-state index >= 15 is 0 Å². The van der Waals surface area contributed by atoms with Crippen molar-refractivity contribution in [2.45, 2.75) is 20.0 Å². The number of benzene rings is 1. The Morgan fingerprint density at radius 3 is 2.42 bits per heavy atom. The van der Waals surface area contributed by atoms with Crippen molar-refractivity contribution in [2.24, 2.45) is 0 Å². The topological polar surface area (TPSA) is 70.8 Å². The standard InChI is InChI=1S/C13H17NO5/c1-4-5-6-19-9-10-7-12(17-2)13(18-3)8-11(10)14(15)16/h5-8H,4,9H2,1-3H3/b6-5+. The second kappa shape index (κ2) is 7.25. The minimum Gasteiger partial charge on any atom is -0.497 e. The average molecular weight is 267 g/mol. The van der Waals surface area contributed by atoms with E-state index in [-0.39, 0.29) is 12.3 Å². The third-order valence-corrected chi connectivity index (χ3v) is 2.45. The number of nitro groups is 1. The predicted octanol–water partition coefficient (Wildman–Crippen LogP) is 3.05. The van der Waals surface area contributed by atoms with Crippen LogP contribution in [0, 0.1) is 10.1 Å². The van der Waals surface area contributed by atoms with E-state index in [0.29, 0.717) is 17.1 Å². The maximum Gasteiger partial charge on any atom is 0.280 e. The molecular formula is C13H17NO5. The fourth-order valence-electron chi connectivity index (χ4n) is 1.50. The molecule has 0 atom stereocenters. The van der Waals surface area contributed by atoms with E-state index in [2.05, 4.69) is 0 Å². The van der Waals surface area contributed by atoms with Gasteiger partial charge in [0.2, 0.25) is 0 Å². The molecule has 6 heteroatoms. The number of nitro benzene ring substituents is 1. The van der Waals surface area contributed by atoms with Crippen LogP contribution in [0.25, 0.3) is 0 Å². The van der Waals surface area contributed by atoms with Crippen LogP contribution in [0.15, 0.2) is 24.5 Å². The van der Waals surface area contributed by atoms with Crippen molar-refractivity contribution in [3.63, 3.8) is 0 Å². The van der Waals surface area contributed by atoms with Gasteiger partial charge in [-0.3, -0.25) is 10.1 Å². The third kappa shape index (κ3) is 3.87. The van der Waals surface area contributed by atoms with E-state index in [1.54, 1.807) is 6.07 Å². The summed E-state index contributed by atoms with van der Waals surface area (Å²) in [6, 6.07) is 2.89. The number of ether oxygens (including phenoxy) is 3. The van der Waals surface area contributed by atoms with Crippen LogP contribution in [-0.4, -0.2) is 19.1 Å². The summed E-state index contributed by atoms with van der Waals surface area (Å²) in [4.78, 5) is 10.5. The molecule has 1 rings (SSSR count). The van der Waals surface area contributed by atoms with E-state index in [4.69, 9.17) is 14.2 Å². The number of methoxy groups -OCH3 is 2. The Balaban J connectivity index is 3.05. The van der Waals surface area contributed by atoms with Crippen LogP contribution in [0.1, 0.15) is 18.9 Å². The summed E-state index contributed by atoms with van der Waals surface area (Å²) >= 11 is 0. The van der Waals surface area contributed by atoms with Crippen LogP contribution in [0.4, 0.5) is 5.69 Å². The first-order valence-electron chi connectivity index (χ1n) is 5.79. The normalized spacial score (nSPS) is 10.5. The van der Waals surface area contributed by atoms with Gasteiger partial charge in [0.1, 0.15) is 6.61 Å². The molecule has 0 aliphatic carbocycles. The highest BCUT2D eigenvalue weighted by Gasteiger charge is 2.19. The lowest BCUT2D eigenvalue weighted by atomic mass is 10.1. The number of rotatable bonds is 7. The van der Waals surface area contributed by atoms with E-state index < -0.39 is 4.92 Å². The Morgan fingerprint density at radius 2 is 1.89 bits per heavy atom. The Bertz CT molecular complexity index is 470. The van der Waals surface area contributed by atoms with Gasteiger partial charge in [-0.2, -0.15) is 0 Å². The van der Waals surface area contributed by atoms with Crippen LogP contribution in [0.3, 0.4) is 0 Å². The van der Waals surface area contributed by atoms with Gasteiger partial charge >= 0.3 is 0 Å². The number of allylic oxidation sites excluding steroid dienone is 1. The maximum atomic E-state index is 11.0. The van der Waals surface area contributed by atoms with E-state index in [9.17, 15) is 10.1 Å². The van der Waals surface area contributed by atoms with Gasteiger partial charge in [0.05, 0.1) is 37.0 Å². The lowest BCUT2D eigenvalue weighted by Gasteiger charge is -2.10. The average Bonchev–Trinajstić information content (AvgIpc) is 2.42. The van der Waals surface area contributed by atoms with Crippen LogP contribution in [-0.2, 0) is 11.3 Å². The first-order valence-corrected chi connectivity index (χ1v) is 5.79. The molecule has 0 aromatic heterocycles. The zero-order chi connectivity index (χ0) is 14.3. The van der Waals surface area contributed by atoms with Gasteiger partial charge in [-0.1, -0.05) is 13.0 Å². The number of hydrogen-bond acceptors (Lipinski definition) is 5. The first-order chi connectivity index (χ1) is 9.13. The molecule has 0 bridgehead atoms. The molecule has 104 valence electrons. The Hall–Kier alpha value is -2.24. The molecule has 0 saturated heterocycles. The summed E-state index contributed by atoms with van der Waals surface area (Å²) in [5.41, 5.74) is 0.381. The van der Waals surface area contributed by atoms with Crippen molar-refractivity contribution in [2.75, 3.05) is 14.2 Å². The van der Waals surface area contributed by atoms with Gasteiger partial charge in [0.15, 0.2) is 11.5 Å². The molecular weight excluding hydrogens is 250 g/mol. The highest BCUT2D eigenvalue weighted by atomic mass is 16.6. The third-order valence-electron chi connectivity index (χ3n) is 2.45. The molecule has 0 fully saturated rings. The molecule has 0 heterocycles. The molecule has 0 spiro atoms. The molecule has 0 aliphatic rings. The minimum atomic E-state index is -0.468. The van der Waals surface area contributed by atoms with Crippen molar-refractivity contribution >= 4 is 5.69 Å². The maximum absolute atomic E-state index is 11.0. The van der Waals surface area contributed by atoms with Gasteiger partial charge in [-0.15, -0.1) is 0 Å². The Labute approximate surface area is 111 Å². The second-order valence-corrected chi connectivity index (χ2v) is 3.68. The lowest BCUT2D eigenvalue weighted by molar-refractivity contribution is -0.385. The molecule has 1 aromatic carbocycles. The van der Waals surface area contributed by atoms with Crippen LogP contribution in [0.2, 0.25) is 0 Å². The molecule has 0 amide bonds. The molecule has 6 nitrogen and oxygen atoms in total. The van der Waals surface area contributed by atoms with Gasteiger partial charge in [0.25, 0.3) is 5.69 Å². The summed E-state index contributed by atoms with van der Waals surface area (Å²) in [6.07, 6.45) is 4.20. The Kier molecular flexibility index (Phi) is 5.66. The van der Waals surface area contributed by atoms with E-state index in [1.807, 2.05) is 13.0 Å². The van der Waals surface area contributed by atoms with Crippen LogP contribution in [0.5, 0.6) is 11.5 Å². The molecule has 0 N–H and O–H groups in total. The SMILES string of the molecule is CC/C=C/OCc1cc(OC)c(OC)cc1[N+](=O)[O-]. The first kappa shape index (κ1) is 14.8. The van der Waals surface area contributed by atoms with Gasteiger partial charge in [-0.05, 0) is 12.5 Å². The fraction of sp³-hybridized carbons (Fsp3) is 0.385. The molecule has 0 aliphatic heterocycles. The monoisotopic (exact) mass is 267 g/mol. The van der Waals surface area contributed by atoms with Gasteiger partial charge in [0, 0.05) is 0 Å². The molecule has 1 aromatic rings. The largest absolute Gasteiger partial charge is 0.497 e. The second-order valence-electron chi connectivity index (χ2n) is 3.68. The van der Waals surface area contributed by atoms with E-state index in [1.165, 1.54) is 26.5 Å². The smallest absolute Gasteiger partial charge is 0.280 e. The highest BCUT2D eigenvalue weighted by molar-refractivity contribution is 5.54. The zero-order valence-electron chi connectivity index (χ0n) is 11.2. The summed E-state index contributed by atoms with van der Waals surface area (Å²) in [5.74, 6) is 0.758. The molecule has 0 unspecified atom stereocenters.